The maximum absolute atomic E-state index is 12.4. The number of ether oxygens (including phenoxy) is 3. The number of halogens is 12. The molecule has 0 saturated carbocycles. The molecule has 0 aliphatic carbocycles. The van der Waals surface area contributed by atoms with E-state index >= 15 is 0 Å². The Hall–Kier alpha value is -3.59. The molecule has 0 fully saturated rings. The Labute approximate surface area is 626 Å². The zero-order valence-corrected chi connectivity index (χ0v) is 64.9. The van der Waals surface area contributed by atoms with Crippen LogP contribution in [0.4, 0.5) is 0 Å². The third-order valence-electron chi connectivity index (χ3n) is 14.0. The molecule has 3 heterocycles. The monoisotopic (exact) mass is 1990 g/mol. The number of carbonyl (C=O) groups is 3. The second-order valence-corrected chi connectivity index (χ2v) is 28.7. The topological polar surface area (TPSA) is 278 Å². The van der Waals surface area contributed by atoms with Crippen molar-refractivity contribution in [3.05, 3.63) is 230 Å². The molecule has 0 spiro atoms. The van der Waals surface area contributed by atoms with Gasteiger partial charge in [0, 0.05) is 81.2 Å². The van der Waals surface area contributed by atoms with Gasteiger partial charge in [0.25, 0.3) is 0 Å². The number of benzene rings is 9. The van der Waals surface area contributed by atoms with Gasteiger partial charge in [-0.15, -0.1) is 0 Å². The van der Waals surface area contributed by atoms with Crippen LogP contribution in [0.15, 0.2) is 163 Å². The largest absolute Gasteiger partial charge is 3.00 e. The van der Waals surface area contributed by atoms with Gasteiger partial charge in [-0.1, -0.05) is 138 Å². The molecule has 444 valence electrons. The second-order valence-electron chi connectivity index (χ2n) is 18.8. The zero-order chi connectivity index (χ0) is 63.1. The predicted octanol–water partition coefficient (Wildman–Crippen LogP) is 14.7. The minimum Gasteiger partial charge on any atom is -0.871 e. The van der Waals surface area contributed by atoms with Crippen molar-refractivity contribution >= 4 is 244 Å². The first kappa shape index (κ1) is 71.3. The summed E-state index contributed by atoms with van der Waals surface area (Å²) in [5.74, 6) is -5.23. The van der Waals surface area contributed by atoms with E-state index in [9.17, 15) is 60.3 Å². The van der Waals surface area contributed by atoms with Crippen LogP contribution in [-0.2, 0) is 0 Å². The Kier molecular flexibility index (Phi) is 22.9. The van der Waals surface area contributed by atoms with E-state index < -0.39 is 35.7 Å². The summed E-state index contributed by atoms with van der Waals surface area (Å²) >= 11 is 39.6. The minimum absolute atomic E-state index is 0. The van der Waals surface area contributed by atoms with Crippen molar-refractivity contribution in [2.24, 2.45) is 0 Å². The second kappa shape index (κ2) is 28.6. The summed E-state index contributed by atoms with van der Waals surface area (Å²) < 4.78 is 21.6. The third kappa shape index (κ3) is 13.1. The van der Waals surface area contributed by atoms with Crippen LogP contribution >= 0.6 is 191 Å². The first-order valence-electron chi connectivity index (χ1n) is 24.3. The molecule has 89 heavy (non-hydrogen) atoms. The normalized spacial score (nSPS) is 14.4. The maximum Gasteiger partial charge on any atom is 3.00 e. The van der Waals surface area contributed by atoms with Crippen LogP contribution in [0.1, 0.15) is 98.9 Å². The van der Waals surface area contributed by atoms with Gasteiger partial charge in [0.1, 0.15) is 65.2 Å². The fraction of sp³-hybridized carbons (Fsp3) is 0.0500. The summed E-state index contributed by atoms with van der Waals surface area (Å²) in [7, 11) is 0. The number of aromatic hydroxyl groups is 3. The molecule has 0 aromatic heterocycles. The van der Waals surface area contributed by atoms with Crippen molar-refractivity contribution < 1.29 is 74.6 Å². The minimum atomic E-state index is -1.31. The van der Waals surface area contributed by atoms with E-state index in [1.165, 1.54) is 18.2 Å². The summed E-state index contributed by atoms with van der Waals surface area (Å²) in [6.07, 6.45) is 0. The first-order chi connectivity index (χ1) is 41.2. The Morgan fingerprint density at radius 2 is 0.506 bits per heavy atom. The Morgan fingerprint density at radius 1 is 0.315 bits per heavy atom. The van der Waals surface area contributed by atoms with Crippen LogP contribution < -0.4 is 44.8 Å². The van der Waals surface area contributed by atoms with Crippen molar-refractivity contribution in [3.8, 4) is 69.0 Å². The van der Waals surface area contributed by atoms with E-state index in [-0.39, 0.29) is 130 Å². The van der Waals surface area contributed by atoms with Gasteiger partial charge < -0.3 is 74.6 Å². The van der Waals surface area contributed by atoms with Crippen molar-refractivity contribution in [3.63, 3.8) is 0 Å². The average molecular weight is 2000 g/mol. The third-order valence-corrected chi connectivity index (χ3v) is 21.9. The number of rotatable bonds is 6. The van der Waals surface area contributed by atoms with Crippen LogP contribution in [0.25, 0.3) is 0 Å². The fourth-order valence-corrected chi connectivity index (χ4v) is 17.6. The van der Waals surface area contributed by atoms with Crippen molar-refractivity contribution in [2.45, 2.75) is 17.8 Å². The number of hydrogen-bond acceptors (Lipinski definition) is 15. The Morgan fingerprint density at radius 3 is 0.719 bits per heavy atom. The molecular formula is C60H24Al2Br12O15. The predicted molar refractivity (Wildman–Crippen MR) is 361 cm³/mol. The molecule has 3 N–H and O–H groups in total. The number of phenolic OH excluding ortho intramolecular Hbond substituents is 3. The summed E-state index contributed by atoms with van der Waals surface area (Å²) in [5, 5.41) is 104. The number of phenols is 3. The summed E-state index contributed by atoms with van der Waals surface area (Å²) in [5.41, 5.74) is 5.10. The molecule has 3 aliphatic rings. The molecule has 29 heteroatoms. The summed E-state index contributed by atoms with van der Waals surface area (Å²) in [6.45, 7) is 0. The fourth-order valence-electron chi connectivity index (χ4n) is 10.2. The number of carboxylic acid groups (broad SMARTS) is 3. The van der Waals surface area contributed by atoms with Gasteiger partial charge in [-0.2, -0.15) is 0 Å². The zero-order valence-electron chi connectivity index (χ0n) is 43.6. The molecule has 3 atom stereocenters. The maximum atomic E-state index is 12.4. The summed E-state index contributed by atoms with van der Waals surface area (Å²) in [6, 6.07) is 29.4. The molecule has 12 rings (SSSR count). The molecule has 15 nitrogen and oxygen atoms in total. The van der Waals surface area contributed by atoms with E-state index in [2.05, 4.69) is 191 Å². The molecule has 9 aromatic rings. The SMILES string of the molecule is O=C([O-])c1ccccc1C1c2cc(Br)c([O-])c(Br)c2Oc2c1cc(Br)c(O)c2Br.O=C([O-])c1ccccc1C1c2cc(Br)c([O-])c(Br)c2Oc2c1cc(Br)c(O)c2Br.O=C([O-])c1ccccc1C1c2cc(Br)c([O-])c(Br)c2Oc2c1cc(Br)c(O)c2Br.[Al+3].[Al+3]. The number of fused-ring (bicyclic) bond motifs is 6. The van der Waals surface area contributed by atoms with Crippen LogP contribution in [0.3, 0.4) is 0 Å². The van der Waals surface area contributed by atoms with Gasteiger partial charge >= 0.3 is 34.7 Å². The van der Waals surface area contributed by atoms with Gasteiger partial charge in [0.2, 0.25) is 0 Å². The van der Waals surface area contributed by atoms with E-state index in [1.54, 1.807) is 91.0 Å². The number of carbonyl (C=O) groups excluding carboxylic acids is 3. The van der Waals surface area contributed by atoms with Crippen molar-refractivity contribution in [2.75, 3.05) is 0 Å². The molecular weight excluding hydrogens is 1970 g/mol. The first-order valence-corrected chi connectivity index (χ1v) is 33.8. The van der Waals surface area contributed by atoms with Gasteiger partial charge in [0.15, 0.2) is 0 Å². The number of aromatic carboxylic acids is 3. The Balaban J connectivity index is 0.000000171. The van der Waals surface area contributed by atoms with Crippen LogP contribution in [0, 0.1) is 0 Å². The van der Waals surface area contributed by atoms with Crippen molar-refractivity contribution in [1.29, 1.82) is 0 Å². The van der Waals surface area contributed by atoms with E-state index in [0.29, 0.717) is 94.2 Å². The quantitative estimate of drug-likeness (QED) is 0.131. The standard InChI is InChI=1S/3C20H10Br4O5.2Al/c3*21-11-5-9-13(7-3-1-2-4-8(7)20(27)28)10-6-12(22)17(26)15(24)19(10)29-18(9)14(23)16(11)25;;/h3*1-6,13,25-26H,(H,27,28);;/q;;;2*+3/p-6. The van der Waals surface area contributed by atoms with Crippen LogP contribution in [-0.4, -0.2) is 67.9 Å². The molecule has 0 amide bonds. The smallest absolute Gasteiger partial charge is 0.871 e. The average Bonchev–Trinajstić information content (AvgIpc) is 0.982. The van der Waals surface area contributed by atoms with Gasteiger partial charge in [-0.25, -0.2) is 0 Å². The summed E-state index contributed by atoms with van der Waals surface area (Å²) in [4.78, 5) is 35.4. The molecule has 0 saturated heterocycles. The van der Waals surface area contributed by atoms with Crippen molar-refractivity contribution in [1.82, 2.24) is 0 Å². The van der Waals surface area contributed by atoms with E-state index in [4.69, 9.17) is 14.2 Å². The van der Waals surface area contributed by atoms with Crippen LogP contribution in [0.5, 0.6) is 69.0 Å². The van der Waals surface area contributed by atoms with E-state index in [0.717, 1.165) is 0 Å². The Bertz CT molecular complexity index is 3840. The van der Waals surface area contributed by atoms with Crippen LogP contribution in [0.2, 0.25) is 0 Å². The molecule has 3 aliphatic heterocycles. The van der Waals surface area contributed by atoms with E-state index in [1.807, 2.05) is 0 Å². The number of hydrogen-bond donors (Lipinski definition) is 3. The molecule has 0 radical (unpaired) electrons. The van der Waals surface area contributed by atoms with Gasteiger partial charge in [-0.3, -0.25) is 0 Å². The molecule has 3 unspecified atom stereocenters. The number of carboxylic acids is 3. The molecule has 9 aromatic carbocycles. The van der Waals surface area contributed by atoms with Gasteiger partial charge in [-0.05, 0) is 196 Å². The molecule has 0 bridgehead atoms. The van der Waals surface area contributed by atoms with Gasteiger partial charge in [0.05, 0.1) is 44.7 Å².